The summed E-state index contributed by atoms with van der Waals surface area (Å²) < 4.78 is 26.2. The number of unbranched alkanes of at least 4 members (excludes halogenated alkanes) is 6. The Morgan fingerprint density at radius 3 is 1.02 bits per heavy atom. The summed E-state index contributed by atoms with van der Waals surface area (Å²) in [4.78, 5) is 0. The van der Waals surface area contributed by atoms with E-state index in [-0.39, 0.29) is 10.8 Å². The van der Waals surface area contributed by atoms with Crippen LogP contribution in [0.2, 0.25) is 12.1 Å². The standard InChI is InChI=1S/C32H70O4S4Si2/c1-7-13-23-33-31(34-24-14-8-2,41-29-17-11-5)21-19-27-37-39-40-38-28-20-22-32(35-25-15-9-3,36-26-16-10-4)42-30-18-12-6/h7-30,41-42H2,1-6H3. The fourth-order valence-corrected chi connectivity index (χ4v) is 15.6. The average Bonchev–Trinajstić information content (AvgIpc) is 2.99. The van der Waals surface area contributed by atoms with Crippen molar-refractivity contribution in [1.82, 2.24) is 0 Å². The van der Waals surface area contributed by atoms with E-state index in [4.69, 9.17) is 18.9 Å². The van der Waals surface area contributed by atoms with Crippen molar-refractivity contribution in [1.29, 1.82) is 0 Å². The van der Waals surface area contributed by atoms with Crippen LogP contribution in [0.3, 0.4) is 0 Å². The molecule has 0 aromatic carbocycles. The minimum atomic E-state index is -0.423. The van der Waals surface area contributed by atoms with Gasteiger partial charge >= 0.3 is 0 Å². The molecule has 0 saturated heterocycles. The first-order valence-electron chi connectivity index (χ1n) is 17.7. The maximum atomic E-state index is 6.55. The summed E-state index contributed by atoms with van der Waals surface area (Å²) in [6.45, 7) is 17.0. The molecule has 0 radical (unpaired) electrons. The lowest BCUT2D eigenvalue weighted by molar-refractivity contribution is -0.186. The third-order valence-corrected chi connectivity index (χ3v) is 18.9. The van der Waals surface area contributed by atoms with E-state index in [1.54, 1.807) is 0 Å². The molecule has 0 rings (SSSR count). The highest BCUT2D eigenvalue weighted by atomic mass is 33.7. The molecule has 0 atom stereocenters. The van der Waals surface area contributed by atoms with Crippen molar-refractivity contribution in [2.75, 3.05) is 37.9 Å². The summed E-state index contributed by atoms with van der Waals surface area (Å²) in [5, 5.41) is 0. The van der Waals surface area contributed by atoms with Crippen LogP contribution in [0, 0.1) is 0 Å². The molecule has 0 bridgehead atoms. The highest BCUT2D eigenvalue weighted by Crippen LogP contribution is 2.44. The number of ether oxygens (including phenoxy) is 4. The van der Waals surface area contributed by atoms with Crippen LogP contribution >= 0.6 is 41.2 Å². The quantitative estimate of drug-likeness (QED) is 0.0280. The first kappa shape index (κ1) is 43.7. The van der Waals surface area contributed by atoms with Gasteiger partial charge in [0.25, 0.3) is 0 Å². The van der Waals surface area contributed by atoms with Gasteiger partial charge in [0.1, 0.15) is 10.8 Å². The minimum absolute atomic E-state index is 0.238. The van der Waals surface area contributed by atoms with Gasteiger partial charge in [0.15, 0.2) is 0 Å². The third kappa shape index (κ3) is 24.8. The van der Waals surface area contributed by atoms with E-state index in [2.05, 4.69) is 41.5 Å². The normalized spacial score (nSPS) is 13.0. The molecule has 0 aliphatic heterocycles. The zero-order valence-corrected chi connectivity index (χ0v) is 34.7. The number of rotatable bonds is 35. The molecule has 0 aliphatic rings. The molecule has 42 heavy (non-hydrogen) atoms. The minimum Gasteiger partial charge on any atom is -0.354 e. The SMILES string of the molecule is CCCCOC(CCCSSSSCCCC(OCCCC)(OCCCC)[SiH2]CCCC)(OCCCC)[SiH2]CCCC. The second-order valence-corrected chi connectivity index (χ2v) is 22.3. The topological polar surface area (TPSA) is 36.9 Å². The van der Waals surface area contributed by atoms with Crippen LogP contribution in [-0.2, 0) is 18.9 Å². The lowest BCUT2D eigenvalue weighted by Gasteiger charge is -2.34. The molecular formula is C32H70O4S4Si2. The predicted octanol–water partition coefficient (Wildman–Crippen LogP) is 10.6. The molecule has 0 fully saturated rings. The van der Waals surface area contributed by atoms with E-state index in [1.165, 1.54) is 87.8 Å². The highest BCUT2D eigenvalue weighted by molar-refractivity contribution is 9.26. The molecule has 0 aromatic rings. The Labute approximate surface area is 282 Å². The molecule has 0 spiro atoms. The van der Waals surface area contributed by atoms with Crippen molar-refractivity contribution in [3.63, 3.8) is 0 Å². The second-order valence-electron chi connectivity index (χ2n) is 11.5. The smallest absolute Gasteiger partial charge is 0.145 e. The lowest BCUT2D eigenvalue weighted by Crippen LogP contribution is -2.43. The van der Waals surface area contributed by atoms with Gasteiger partial charge in [-0.25, -0.2) is 0 Å². The van der Waals surface area contributed by atoms with E-state index in [1.807, 2.05) is 41.2 Å². The summed E-state index contributed by atoms with van der Waals surface area (Å²) in [5.74, 6) is 2.33. The molecule has 10 heteroatoms. The number of hydrogen-bond acceptors (Lipinski definition) is 8. The van der Waals surface area contributed by atoms with Crippen LogP contribution in [0.25, 0.3) is 0 Å². The van der Waals surface area contributed by atoms with Crippen molar-refractivity contribution in [2.24, 2.45) is 0 Å². The fourth-order valence-electron chi connectivity index (χ4n) is 4.72. The highest BCUT2D eigenvalue weighted by Gasteiger charge is 2.32. The predicted molar refractivity (Wildman–Crippen MR) is 204 cm³/mol. The van der Waals surface area contributed by atoms with Gasteiger partial charge in [-0.1, -0.05) is 127 Å². The number of hydrogen-bond donors (Lipinski definition) is 0. The van der Waals surface area contributed by atoms with E-state index >= 15 is 0 Å². The molecule has 0 heterocycles. The Kier molecular flexibility index (Phi) is 33.9. The molecule has 0 amide bonds. The first-order valence-corrected chi connectivity index (χ1v) is 26.3. The molecule has 0 aliphatic carbocycles. The van der Waals surface area contributed by atoms with Gasteiger partial charge in [-0.2, -0.15) is 0 Å². The summed E-state index contributed by atoms with van der Waals surface area (Å²) in [5.41, 5.74) is -0.476. The van der Waals surface area contributed by atoms with Gasteiger partial charge in [0.2, 0.25) is 0 Å². The van der Waals surface area contributed by atoms with Crippen LogP contribution in [0.1, 0.15) is 144 Å². The summed E-state index contributed by atoms with van der Waals surface area (Å²) in [6.07, 6.45) is 19.0. The van der Waals surface area contributed by atoms with Gasteiger partial charge < -0.3 is 18.9 Å². The Bertz CT molecular complexity index is 454. The molecular weight excluding hydrogens is 633 g/mol. The summed E-state index contributed by atoms with van der Waals surface area (Å²) >= 11 is 0. The van der Waals surface area contributed by atoms with Crippen LogP contribution in [-0.4, -0.2) is 67.8 Å². The van der Waals surface area contributed by atoms with Crippen LogP contribution < -0.4 is 0 Å². The van der Waals surface area contributed by atoms with Crippen molar-refractivity contribution in [2.45, 2.75) is 167 Å². The van der Waals surface area contributed by atoms with Gasteiger partial charge in [0, 0.05) is 37.9 Å². The zero-order chi connectivity index (χ0) is 31.0. The Morgan fingerprint density at radius 2 is 0.738 bits per heavy atom. The zero-order valence-electron chi connectivity index (χ0n) is 28.7. The van der Waals surface area contributed by atoms with Crippen molar-refractivity contribution < 1.29 is 18.9 Å². The molecule has 0 unspecified atom stereocenters. The van der Waals surface area contributed by atoms with Crippen LogP contribution in [0.5, 0.6) is 0 Å². The monoisotopic (exact) mass is 702 g/mol. The van der Waals surface area contributed by atoms with Crippen LogP contribution in [0.15, 0.2) is 0 Å². The lowest BCUT2D eigenvalue weighted by atomic mass is 10.3. The third-order valence-electron chi connectivity index (χ3n) is 7.47. The van der Waals surface area contributed by atoms with Crippen molar-refractivity contribution in [3.05, 3.63) is 0 Å². The van der Waals surface area contributed by atoms with Crippen molar-refractivity contribution in [3.8, 4) is 0 Å². The molecule has 4 nitrogen and oxygen atoms in total. The van der Waals surface area contributed by atoms with E-state index in [0.29, 0.717) is 0 Å². The Hall–Kier alpha value is 1.67. The maximum Gasteiger partial charge on any atom is 0.145 e. The molecule has 0 N–H and O–H groups in total. The van der Waals surface area contributed by atoms with Crippen LogP contribution in [0.4, 0.5) is 0 Å². The van der Waals surface area contributed by atoms with E-state index in [0.717, 1.165) is 65.0 Å². The van der Waals surface area contributed by atoms with Gasteiger partial charge in [-0.15, -0.1) is 0 Å². The largest absolute Gasteiger partial charge is 0.354 e. The van der Waals surface area contributed by atoms with Crippen molar-refractivity contribution >= 4 is 60.3 Å². The van der Waals surface area contributed by atoms with Gasteiger partial charge in [-0.05, 0) is 71.0 Å². The Balaban J connectivity index is 4.57. The van der Waals surface area contributed by atoms with E-state index in [9.17, 15) is 0 Å². The summed E-state index contributed by atoms with van der Waals surface area (Å²) in [7, 11) is 7.06. The maximum absolute atomic E-state index is 6.55. The molecule has 0 saturated carbocycles. The fraction of sp³-hybridized carbons (Fsp3) is 1.00. The second kappa shape index (κ2) is 32.6. The molecule has 254 valence electrons. The van der Waals surface area contributed by atoms with Gasteiger partial charge in [-0.3, -0.25) is 0 Å². The average molecular weight is 703 g/mol. The van der Waals surface area contributed by atoms with E-state index < -0.39 is 19.0 Å². The first-order chi connectivity index (χ1) is 20.6. The summed E-state index contributed by atoms with van der Waals surface area (Å²) in [6, 6.07) is 2.66. The Morgan fingerprint density at radius 1 is 0.429 bits per heavy atom. The molecule has 0 aromatic heterocycles. The van der Waals surface area contributed by atoms with Gasteiger partial charge in [0.05, 0.1) is 19.0 Å².